The quantitative estimate of drug-likeness (QED) is 0.380. The van der Waals surface area contributed by atoms with Gasteiger partial charge in [0.2, 0.25) is 5.91 Å². The maximum Gasteiger partial charge on any atom is 0.232 e. The molecule has 0 saturated carbocycles. The highest BCUT2D eigenvalue weighted by Crippen LogP contribution is 2.42. The molecule has 4 aromatic rings. The van der Waals surface area contributed by atoms with Crippen molar-refractivity contribution < 1.29 is 9.53 Å². The van der Waals surface area contributed by atoms with Crippen LogP contribution < -0.4 is 10.1 Å². The van der Waals surface area contributed by atoms with E-state index < -0.39 is 5.41 Å². The zero-order valence-corrected chi connectivity index (χ0v) is 19.1. The summed E-state index contributed by atoms with van der Waals surface area (Å²) in [5, 5.41) is 5.41. The molecule has 2 heterocycles. The van der Waals surface area contributed by atoms with Crippen LogP contribution in [-0.2, 0) is 4.79 Å². The number of pyridine rings is 1. The molecule has 0 aliphatic rings. The summed E-state index contributed by atoms with van der Waals surface area (Å²) >= 11 is 1.41. The van der Waals surface area contributed by atoms with Crippen LogP contribution in [0, 0.1) is 5.41 Å². The Bertz CT molecular complexity index is 1160. The van der Waals surface area contributed by atoms with Gasteiger partial charge >= 0.3 is 0 Å². The molecule has 1 atom stereocenters. The van der Waals surface area contributed by atoms with Crippen molar-refractivity contribution in [2.24, 2.45) is 5.41 Å². The van der Waals surface area contributed by atoms with Gasteiger partial charge in [0.25, 0.3) is 0 Å². The van der Waals surface area contributed by atoms with Gasteiger partial charge in [-0.1, -0.05) is 50.2 Å². The van der Waals surface area contributed by atoms with E-state index in [9.17, 15) is 4.79 Å². The van der Waals surface area contributed by atoms with E-state index in [0.717, 1.165) is 28.1 Å². The standard InChI is InChI=1S/C26H25N3O2S/c1-26(2,24(30)29-25-27-15-16-32-25)23(19-7-5-4-6-8-19)20-11-14-22(28-17-20)18-9-12-21(31-3)13-10-18/h4-17,23H,1-3H3,(H,27,29,30). The third-order valence-corrected chi connectivity index (χ3v) is 6.29. The van der Waals surface area contributed by atoms with Crippen LogP contribution in [-0.4, -0.2) is 23.0 Å². The molecule has 2 aromatic heterocycles. The summed E-state index contributed by atoms with van der Waals surface area (Å²) in [6, 6.07) is 22.0. The van der Waals surface area contributed by atoms with Crippen LogP contribution in [0.2, 0.25) is 0 Å². The number of hydrogen-bond donors (Lipinski definition) is 1. The van der Waals surface area contributed by atoms with Gasteiger partial charge in [-0.15, -0.1) is 11.3 Å². The van der Waals surface area contributed by atoms with Gasteiger partial charge in [0.05, 0.1) is 18.2 Å². The molecule has 4 rings (SSSR count). The SMILES string of the molecule is COc1ccc(-c2ccc(C(c3ccccc3)C(C)(C)C(=O)Nc3nccs3)cn2)cc1. The van der Waals surface area contributed by atoms with E-state index in [1.807, 2.05) is 74.0 Å². The molecular formula is C26H25N3O2S. The molecule has 2 aromatic carbocycles. The van der Waals surface area contributed by atoms with E-state index in [2.05, 4.69) is 28.5 Å². The number of benzene rings is 2. The zero-order valence-electron chi connectivity index (χ0n) is 18.3. The normalized spacial score (nSPS) is 12.2. The summed E-state index contributed by atoms with van der Waals surface area (Å²) in [5.41, 5.74) is 3.18. The second-order valence-electron chi connectivity index (χ2n) is 8.06. The van der Waals surface area contributed by atoms with Crippen molar-refractivity contribution in [3.8, 4) is 17.0 Å². The lowest BCUT2D eigenvalue weighted by Crippen LogP contribution is -2.37. The first-order valence-electron chi connectivity index (χ1n) is 10.4. The van der Waals surface area contributed by atoms with Crippen molar-refractivity contribution >= 4 is 22.4 Å². The van der Waals surface area contributed by atoms with E-state index >= 15 is 0 Å². The number of nitrogens with one attached hydrogen (secondary N) is 1. The van der Waals surface area contributed by atoms with Gasteiger partial charge in [-0.25, -0.2) is 4.98 Å². The number of rotatable bonds is 7. The van der Waals surface area contributed by atoms with E-state index in [0.29, 0.717) is 5.13 Å². The Labute approximate surface area is 192 Å². The first-order valence-corrected chi connectivity index (χ1v) is 11.2. The zero-order chi connectivity index (χ0) is 22.6. The fraction of sp³-hybridized carbons (Fsp3) is 0.192. The lowest BCUT2D eigenvalue weighted by molar-refractivity contribution is -0.124. The van der Waals surface area contributed by atoms with Gasteiger partial charge in [-0.05, 0) is 41.5 Å². The average Bonchev–Trinajstić information content (AvgIpc) is 3.33. The highest BCUT2D eigenvalue weighted by Gasteiger charge is 2.39. The van der Waals surface area contributed by atoms with Crippen LogP contribution in [0.15, 0.2) is 84.5 Å². The molecule has 0 aliphatic heterocycles. The average molecular weight is 444 g/mol. The number of anilines is 1. The van der Waals surface area contributed by atoms with Crippen LogP contribution in [0.5, 0.6) is 5.75 Å². The van der Waals surface area contributed by atoms with Gasteiger partial charge < -0.3 is 10.1 Å². The number of ether oxygens (including phenoxy) is 1. The van der Waals surface area contributed by atoms with E-state index in [-0.39, 0.29) is 11.8 Å². The van der Waals surface area contributed by atoms with E-state index in [4.69, 9.17) is 9.72 Å². The monoisotopic (exact) mass is 443 g/mol. The minimum Gasteiger partial charge on any atom is -0.497 e. The molecule has 6 heteroatoms. The summed E-state index contributed by atoms with van der Waals surface area (Å²) < 4.78 is 5.24. The fourth-order valence-corrected chi connectivity index (χ4v) is 4.38. The molecule has 1 N–H and O–H groups in total. The Morgan fingerprint density at radius 1 is 0.969 bits per heavy atom. The largest absolute Gasteiger partial charge is 0.497 e. The number of amides is 1. The van der Waals surface area contributed by atoms with Crippen molar-refractivity contribution in [2.45, 2.75) is 19.8 Å². The molecular weight excluding hydrogens is 418 g/mol. The summed E-state index contributed by atoms with van der Waals surface area (Å²) in [4.78, 5) is 22.2. The Morgan fingerprint density at radius 3 is 2.31 bits per heavy atom. The molecule has 162 valence electrons. The number of thiazole rings is 1. The molecule has 32 heavy (non-hydrogen) atoms. The molecule has 1 unspecified atom stereocenters. The second-order valence-corrected chi connectivity index (χ2v) is 8.96. The lowest BCUT2D eigenvalue weighted by Gasteiger charge is -2.33. The van der Waals surface area contributed by atoms with Gasteiger partial charge in [-0.3, -0.25) is 9.78 Å². The van der Waals surface area contributed by atoms with Gasteiger partial charge in [0, 0.05) is 29.3 Å². The van der Waals surface area contributed by atoms with Crippen molar-refractivity contribution in [3.63, 3.8) is 0 Å². The van der Waals surface area contributed by atoms with Crippen molar-refractivity contribution in [3.05, 3.63) is 95.6 Å². The van der Waals surface area contributed by atoms with Crippen molar-refractivity contribution in [1.29, 1.82) is 0 Å². The first kappa shape index (κ1) is 21.7. The predicted octanol–water partition coefficient (Wildman–Crippen LogP) is 6.01. The Hall–Kier alpha value is -3.51. The van der Waals surface area contributed by atoms with Crippen LogP contribution in [0.3, 0.4) is 0 Å². The number of nitrogens with zero attached hydrogens (tertiary/aromatic N) is 2. The Morgan fingerprint density at radius 2 is 1.72 bits per heavy atom. The third kappa shape index (κ3) is 4.55. The van der Waals surface area contributed by atoms with Crippen molar-refractivity contribution in [2.75, 3.05) is 12.4 Å². The third-order valence-electron chi connectivity index (χ3n) is 5.60. The fourth-order valence-electron chi connectivity index (χ4n) is 3.85. The molecule has 0 fully saturated rings. The maximum absolute atomic E-state index is 13.3. The lowest BCUT2D eigenvalue weighted by atomic mass is 9.71. The number of aromatic nitrogens is 2. The minimum atomic E-state index is -0.740. The molecule has 5 nitrogen and oxygen atoms in total. The summed E-state index contributed by atoms with van der Waals surface area (Å²) in [6.45, 7) is 3.93. The number of hydrogen-bond acceptors (Lipinski definition) is 5. The number of methoxy groups -OCH3 is 1. The Kier molecular flexibility index (Phi) is 6.32. The van der Waals surface area contributed by atoms with Crippen LogP contribution in [0.1, 0.15) is 30.9 Å². The summed E-state index contributed by atoms with van der Waals surface area (Å²) in [7, 11) is 1.65. The highest BCUT2D eigenvalue weighted by molar-refractivity contribution is 7.13. The van der Waals surface area contributed by atoms with E-state index in [1.165, 1.54) is 11.3 Å². The summed E-state index contributed by atoms with van der Waals surface area (Å²) in [6.07, 6.45) is 3.55. The first-order chi connectivity index (χ1) is 15.5. The van der Waals surface area contributed by atoms with Gasteiger partial charge in [0.1, 0.15) is 5.75 Å². The number of carbonyl (C=O) groups is 1. The number of carbonyl (C=O) groups excluding carboxylic acids is 1. The molecule has 0 spiro atoms. The second kappa shape index (κ2) is 9.32. The van der Waals surface area contributed by atoms with Gasteiger partial charge in [0.15, 0.2) is 5.13 Å². The van der Waals surface area contributed by atoms with Crippen molar-refractivity contribution in [1.82, 2.24) is 9.97 Å². The highest BCUT2D eigenvalue weighted by atomic mass is 32.1. The van der Waals surface area contributed by atoms with E-state index in [1.54, 1.807) is 13.3 Å². The smallest absolute Gasteiger partial charge is 0.232 e. The molecule has 0 radical (unpaired) electrons. The minimum absolute atomic E-state index is 0.0828. The Balaban J connectivity index is 1.68. The molecule has 0 aliphatic carbocycles. The van der Waals surface area contributed by atoms with Crippen LogP contribution >= 0.6 is 11.3 Å². The molecule has 0 saturated heterocycles. The molecule has 0 bridgehead atoms. The topological polar surface area (TPSA) is 64.1 Å². The predicted molar refractivity (Wildman–Crippen MR) is 129 cm³/mol. The molecule has 1 amide bonds. The summed E-state index contributed by atoms with van der Waals surface area (Å²) in [5.74, 6) is 0.545. The van der Waals surface area contributed by atoms with Crippen LogP contribution in [0.4, 0.5) is 5.13 Å². The van der Waals surface area contributed by atoms with Crippen LogP contribution in [0.25, 0.3) is 11.3 Å². The maximum atomic E-state index is 13.3. The van der Waals surface area contributed by atoms with Gasteiger partial charge in [-0.2, -0.15) is 0 Å².